The van der Waals surface area contributed by atoms with Gasteiger partial charge >= 0.3 is 0 Å². The highest BCUT2D eigenvalue weighted by Gasteiger charge is 2.69. The summed E-state index contributed by atoms with van der Waals surface area (Å²) in [6.45, 7) is 3.02. The molecule has 2 amide bonds. The van der Waals surface area contributed by atoms with Gasteiger partial charge in [0.25, 0.3) is 0 Å². The SMILES string of the molecule is CC(CO)NCCNC(=O)[C@H]1[C@H](C(=O)Nc2ccc(Br)cc2)[C@@H]2C=C[C@H]1C21CC1. The summed E-state index contributed by atoms with van der Waals surface area (Å²) in [5.41, 5.74) is 0.865. The van der Waals surface area contributed by atoms with Crippen molar-refractivity contribution in [1.29, 1.82) is 0 Å². The van der Waals surface area contributed by atoms with Crippen LogP contribution in [0.2, 0.25) is 0 Å². The van der Waals surface area contributed by atoms with E-state index in [9.17, 15) is 9.59 Å². The van der Waals surface area contributed by atoms with Gasteiger partial charge in [0, 0.05) is 29.3 Å². The molecule has 1 aromatic carbocycles. The van der Waals surface area contributed by atoms with Crippen LogP contribution in [0.3, 0.4) is 0 Å². The molecule has 4 N–H and O–H groups in total. The van der Waals surface area contributed by atoms with Crippen molar-refractivity contribution >= 4 is 33.4 Å². The lowest BCUT2D eigenvalue weighted by Crippen LogP contribution is -2.44. The number of amides is 2. The zero-order valence-electron chi connectivity index (χ0n) is 16.5. The second kappa shape index (κ2) is 8.20. The fourth-order valence-electron chi connectivity index (χ4n) is 5.16. The van der Waals surface area contributed by atoms with Crippen LogP contribution in [0, 0.1) is 29.1 Å². The molecule has 3 aliphatic rings. The van der Waals surface area contributed by atoms with Crippen LogP contribution in [-0.2, 0) is 9.59 Å². The lowest BCUT2D eigenvalue weighted by molar-refractivity contribution is -0.132. The molecular weight excluding hydrogens is 434 g/mol. The van der Waals surface area contributed by atoms with Crippen LogP contribution < -0.4 is 16.0 Å². The number of halogens is 1. The van der Waals surface area contributed by atoms with E-state index in [1.807, 2.05) is 31.2 Å². The third-order valence-corrected chi connectivity index (χ3v) is 7.28. The second-order valence-corrected chi connectivity index (χ2v) is 9.46. The Labute approximate surface area is 179 Å². The molecule has 6 nitrogen and oxygen atoms in total. The van der Waals surface area contributed by atoms with Gasteiger partial charge in [0.1, 0.15) is 0 Å². The largest absolute Gasteiger partial charge is 0.395 e. The summed E-state index contributed by atoms with van der Waals surface area (Å²) in [6.07, 6.45) is 6.52. The van der Waals surface area contributed by atoms with E-state index in [2.05, 4.69) is 44.0 Å². The average Bonchev–Trinajstić information content (AvgIpc) is 3.39. The first-order valence-corrected chi connectivity index (χ1v) is 11.1. The Morgan fingerprint density at radius 3 is 2.31 bits per heavy atom. The number of aliphatic hydroxyl groups is 1. The first-order valence-electron chi connectivity index (χ1n) is 10.3. The molecule has 2 bridgehead atoms. The Kier molecular flexibility index (Phi) is 5.82. The molecule has 156 valence electrons. The molecule has 29 heavy (non-hydrogen) atoms. The summed E-state index contributed by atoms with van der Waals surface area (Å²) >= 11 is 3.41. The third kappa shape index (κ3) is 3.88. The molecule has 0 aliphatic heterocycles. The number of aliphatic hydroxyl groups excluding tert-OH is 1. The summed E-state index contributed by atoms with van der Waals surface area (Å²) in [4.78, 5) is 26.3. The van der Waals surface area contributed by atoms with Crippen LogP contribution in [0.15, 0.2) is 40.9 Å². The van der Waals surface area contributed by atoms with Gasteiger partial charge in [-0.25, -0.2) is 0 Å². The molecule has 0 saturated heterocycles. The van der Waals surface area contributed by atoms with Gasteiger partial charge in [0.15, 0.2) is 0 Å². The molecular formula is C22H28BrN3O3. The van der Waals surface area contributed by atoms with Crippen molar-refractivity contribution in [1.82, 2.24) is 10.6 Å². The van der Waals surface area contributed by atoms with Crippen LogP contribution in [0.5, 0.6) is 0 Å². The van der Waals surface area contributed by atoms with Crippen LogP contribution in [0.4, 0.5) is 5.69 Å². The van der Waals surface area contributed by atoms with Crippen LogP contribution in [0.25, 0.3) is 0 Å². The van der Waals surface area contributed by atoms with Gasteiger partial charge < -0.3 is 21.1 Å². The van der Waals surface area contributed by atoms with Crippen LogP contribution >= 0.6 is 15.9 Å². The minimum atomic E-state index is -0.333. The zero-order chi connectivity index (χ0) is 20.6. The highest BCUT2D eigenvalue weighted by Crippen LogP contribution is 2.72. The Hall–Kier alpha value is -1.70. The van der Waals surface area contributed by atoms with Crippen molar-refractivity contribution in [3.63, 3.8) is 0 Å². The molecule has 3 aliphatic carbocycles. The van der Waals surface area contributed by atoms with E-state index in [4.69, 9.17) is 5.11 Å². The van der Waals surface area contributed by atoms with Gasteiger partial charge in [0.2, 0.25) is 11.8 Å². The van der Waals surface area contributed by atoms with Crippen molar-refractivity contribution in [3.8, 4) is 0 Å². The maximum Gasteiger partial charge on any atom is 0.228 e. The van der Waals surface area contributed by atoms with Gasteiger partial charge in [-0.1, -0.05) is 28.1 Å². The standard InChI is InChI=1S/C22H28BrN3O3/c1-13(12-27)24-10-11-25-20(28)18-16-6-7-17(22(16)8-9-22)19(18)21(29)26-15-4-2-14(23)3-5-15/h2-7,13,16-19,24,27H,8-12H2,1H3,(H,25,28)(H,26,29)/t13?,16-,17+,18-,19-/m1/s1. The highest BCUT2D eigenvalue weighted by atomic mass is 79.9. The number of hydrogen-bond donors (Lipinski definition) is 4. The maximum absolute atomic E-state index is 13.2. The topological polar surface area (TPSA) is 90.5 Å². The fourth-order valence-corrected chi connectivity index (χ4v) is 5.42. The zero-order valence-corrected chi connectivity index (χ0v) is 18.1. The number of carbonyl (C=O) groups excluding carboxylic acids is 2. The van der Waals surface area contributed by atoms with E-state index >= 15 is 0 Å². The van der Waals surface area contributed by atoms with E-state index in [0.717, 1.165) is 23.0 Å². The number of hydrogen-bond acceptors (Lipinski definition) is 4. The number of carbonyl (C=O) groups is 2. The first kappa shape index (κ1) is 20.6. The fraction of sp³-hybridized carbons (Fsp3) is 0.545. The van der Waals surface area contributed by atoms with Crippen molar-refractivity contribution < 1.29 is 14.7 Å². The number of nitrogens with one attached hydrogen (secondary N) is 3. The van der Waals surface area contributed by atoms with E-state index in [1.54, 1.807) is 0 Å². The minimum absolute atomic E-state index is 0.00324. The number of benzene rings is 1. The van der Waals surface area contributed by atoms with E-state index in [1.165, 1.54) is 0 Å². The summed E-state index contributed by atoms with van der Waals surface area (Å²) in [7, 11) is 0. The predicted octanol–water partition coefficient (Wildman–Crippen LogP) is 2.30. The Morgan fingerprint density at radius 2 is 1.72 bits per heavy atom. The van der Waals surface area contributed by atoms with Crippen molar-refractivity contribution in [2.75, 3.05) is 25.0 Å². The maximum atomic E-state index is 13.2. The van der Waals surface area contributed by atoms with E-state index in [-0.39, 0.29) is 53.5 Å². The van der Waals surface area contributed by atoms with E-state index < -0.39 is 0 Å². The molecule has 0 radical (unpaired) electrons. The summed E-state index contributed by atoms with van der Waals surface area (Å²) < 4.78 is 0.955. The normalized spacial score (nSPS) is 29.1. The van der Waals surface area contributed by atoms with Crippen molar-refractivity contribution in [2.45, 2.75) is 25.8 Å². The molecule has 2 saturated carbocycles. The van der Waals surface area contributed by atoms with E-state index in [0.29, 0.717) is 13.1 Å². The number of rotatable bonds is 8. The second-order valence-electron chi connectivity index (χ2n) is 8.55. The summed E-state index contributed by atoms with van der Waals surface area (Å²) in [5.74, 6) is -0.465. The highest BCUT2D eigenvalue weighted by molar-refractivity contribution is 9.10. The Morgan fingerprint density at radius 1 is 1.10 bits per heavy atom. The van der Waals surface area contributed by atoms with Gasteiger partial charge in [-0.05, 0) is 61.3 Å². The molecule has 1 aromatic rings. The molecule has 1 unspecified atom stereocenters. The lowest BCUT2D eigenvalue weighted by atomic mass is 9.81. The average molecular weight is 462 g/mol. The molecule has 4 rings (SSSR count). The lowest BCUT2D eigenvalue weighted by Gasteiger charge is -2.26. The Bertz CT molecular complexity index is 806. The predicted molar refractivity (Wildman–Crippen MR) is 115 cm³/mol. The number of allylic oxidation sites excluding steroid dienone is 2. The van der Waals surface area contributed by atoms with Crippen molar-refractivity contribution in [3.05, 3.63) is 40.9 Å². The van der Waals surface area contributed by atoms with Crippen LogP contribution in [-0.4, -0.2) is 42.7 Å². The summed E-state index contributed by atoms with van der Waals surface area (Å²) in [6, 6.07) is 7.51. The Balaban J connectivity index is 1.44. The minimum Gasteiger partial charge on any atom is -0.395 e. The smallest absolute Gasteiger partial charge is 0.228 e. The molecule has 0 aromatic heterocycles. The van der Waals surface area contributed by atoms with Gasteiger partial charge in [0.05, 0.1) is 18.4 Å². The molecule has 0 heterocycles. The third-order valence-electron chi connectivity index (χ3n) is 6.75. The van der Waals surface area contributed by atoms with Gasteiger partial charge in [-0.2, -0.15) is 0 Å². The number of anilines is 1. The van der Waals surface area contributed by atoms with Gasteiger partial charge in [-0.15, -0.1) is 0 Å². The van der Waals surface area contributed by atoms with Crippen LogP contribution in [0.1, 0.15) is 19.8 Å². The van der Waals surface area contributed by atoms with Gasteiger partial charge in [-0.3, -0.25) is 9.59 Å². The molecule has 5 atom stereocenters. The van der Waals surface area contributed by atoms with Crippen molar-refractivity contribution in [2.24, 2.45) is 29.1 Å². The quantitative estimate of drug-likeness (QED) is 0.353. The first-order chi connectivity index (χ1) is 14.0. The molecule has 1 spiro atoms. The monoisotopic (exact) mass is 461 g/mol. The molecule has 7 heteroatoms. The molecule has 2 fully saturated rings. The summed E-state index contributed by atoms with van der Waals surface area (Å²) in [5, 5.41) is 18.3.